The molecule has 104 valence electrons. The van der Waals surface area contributed by atoms with E-state index in [4.69, 9.17) is 10.8 Å². The molecule has 0 aliphatic rings. The van der Waals surface area contributed by atoms with Gasteiger partial charge in [-0.1, -0.05) is 0 Å². The van der Waals surface area contributed by atoms with Crippen molar-refractivity contribution in [2.45, 2.75) is 19.0 Å². The molecule has 19 heavy (non-hydrogen) atoms. The second kappa shape index (κ2) is 5.59. The molecule has 1 amide bonds. The Labute approximate surface area is 106 Å². The van der Waals surface area contributed by atoms with E-state index in [1.165, 1.54) is 0 Å². The zero-order valence-corrected chi connectivity index (χ0v) is 9.62. The van der Waals surface area contributed by atoms with Crippen LogP contribution < -0.4 is 11.1 Å². The number of anilines is 2. The van der Waals surface area contributed by atoms with Crippen LogP contribution >= 0.6 is 0 Å². The minimum atomic E-state index is -4.51. The molecule has 0 aliphatic heterocycles. The third-order valence-electron chi connectivity index (χ3n) is 2.22. The summed E-state index contributed by atoms with van der Waals surface area (Å²) in [5.74, 6) is -1.77. The van der Waals surface area contributed by atoms with Crippen LogP contribution in [0.2, 0.25) is 0 Å². The van der Waals surface area contributed by atoms with Crippen LogP contribution in [0.15, 0.2) is 18.2 Å². The van der Waals surface area contributed by atoms with Gasteiger partial charge in [0.2, 0.25) is 5.91 Å². The molecular weight excluding hydrogens is 265 g/mol. The van der Waals surface area contributed by atoms with E-state index in [0.717, 1.165) is 12.1 Å². The Hall–Kier alpha value is -2.25. The molecule has 0 saturated carbocycles. The highest BCUT2D eigenvalue weighted by atomic mass is 19.4. The molecule has 0 aliphatic carbocycles. The zero-order valence-electron chi connectivity index (χ0n) is 9.62. The number of carbonyl (C=O) groups is 2. The maximum Gasteiger partial charge on any atom is 0.416 e. The smallest absolute Gasteiger partial charge is 0.416 e. The van der Waals surface area contributed by atoms with Crippen molar-refractivity contribution < 1.29 is 27.9 Å². The Bertz CT molecular complexity index is 500. The number of alkyl halides is 3. The molecule has 0 unspecified atom stereocenters. The van der Waals surface area contributed by atoms with Crippen LogP contribution in [0.3, 0.4) is 0 Å². The van der Waals surface area contributed by atoms with Crippen molar-refractivity contribution in [2.75, 3.05) is 11.1 Å². The second-order valence-electron chi connectivity index (χ2n) is 3.74. The first-order valence-electron chi connectivity index (χ1n) is 5.18. The molecular formula is C11H11F3N2O3. The van der Waals surface area contributed by atoms with Crippen molar-refractivity contribution in [3.8, 4) is 0 Å². The Morgan fingerprint density at radius 1 is 1.26 bits per heavy atom. The summed E-state index contributed by atoms with van der Waals surface area (Å²) in [7, 11) is 0. The average Bonchev–Trinajstić information content (AvgIpc) is 2.27. The lowest BCUT2D eigenvalue weighted by Gasteiger charge is -2.11. The first-order valence-corrected chi connectivity index (χ1v) is 5.18. The molecule has 0 saturated heterocycles. The zero-order chi connectivity index (χ0) is 14.6. The van der Waals surface area contributed by atoms with Crippen molar-refractivity contribution in [3.05, 3.63) is 23.8 Å². The first kappa shape index (κ1) is 14.8. The van der Waals surface area contributed by atoms with Gasteiger partial charge in [-0.15, -0.1) is 0 Å². The molecule has 5 nitrogen and oxygen atoms in total. The van der Waals surface area contributed by atoms with E-state index in [-0.39, 0.29) is 24.2 Å². The lowest BCUT2D eigenvalue weighted by Crippen LogP contribution is -2.15. The largest absolute Gasteiger partial charge is 0.481 e. The van der Waals surface area contributed by atoms with E-state index in [9.17, 15) is 22.8 Å². The molecule has 8 heteroatoms. The summed E-state index contributed by atoms with van der Waals surface area (Å²) in [6.07, 6.45) is -5.16. The van der Waals surface area contributed by atoms with Crippen LogP contribution in [-0.2, 0) is 15.8 Å². The number of halogens is 3. The third-order valence-corrected chi connectivity index (χ3v) is 2.22. The molecule has 1 rings (SSSR count). The predicted octanol–water partition coefficient (Wildman–Crippen LogP) is 2.09. The fourth-order valence-corrected chi connectivity index (χ4v) is 1.29. The third kappa shape index (κ3) is 4.49. The number of hydrogen-bond donors (Lipinski definition) is 3. The van der Waals surface area contributed by atoms with Crippen LogP contribution in [0.1, 0.15) is 18.4 Å². The van der Waals surface area contributed by atoms with Crippen LogP contribution in [0.25, 0.3) is 0 Å². The summed E-state index contributed by atoms with van der Waals surface area (Å²) >= 11 is 0. The lowest BCUT2D eigenvalue weighted by molar-refractivity contribution is -0.138. The van der Waals surface area contributed by atoms with Gasteiger partial charge < -0.3 is 16.2 Å². The van der Waals surface area contributed by atoms with Crippen molar-refractivity contribution in [1.82, 2.24) is 0 Å². The average molecular weight is 276 g/mol. The first-order chi connectivity index (χ1) is 8.70. The summed E-state index contributed by atoms with van der Waals surface area (Å²) in [5.41, 5.74) is 4.25. The van der Waals surface area contributed by atoms with Gasteiger partial charge in [-0.3, -0.25) is 9.59 Å². The van der Waals surface area contributed by atoms with E-state index < -0.39 is 23.6 Å². The molecule has 1 aromatic rings. The SMILES string of the molecule is Nc1cc(C(F)(F)F)ccc1NC(=O)CCC(=O)O. The number of benzene rings is 1. The van der Waals surface area contributed by atoms with Crippen molar-refractivity contribution in [1.29, 1.82) is 0 Å². The number of rotatable bonds is 4. The molecule has 4 N–H and O–H groups in total. The number of aliphatic carboxylic acids is 1. The molecule has 0 atom stereocenters. The lowest BCUT2D eigenvalue weighted by atomic mass is 10.1. The van der Waals surface area contributed by atoms with Crippen molar-refractivity contribution >= 4 is 23.3 Å². The summed E-state index contributed by atoms with van der Waals surface area (Å²) in [5, 5.41) is 10.6. The summed E-state index contributed by atoms with van der Waals surface area (Å²) in [6, 6.07) is 2.51. The quantitative estimate of drug-likeness (QED) is 0.734. The van der Waals surface area contributed by atoms with Gasteiger partial charge >= 0.3 is 12.1 Å². The van der Waals surface area contributed by atoms with Crippen LogP contribution in [0, 0.1) is 0 Å². The minimum absolute atomic E-state index is 0.0170. The molecule has 1 aromatic carbocycles. The molecule has 0 radical (unpaired) electrons. The predicted molar refractivity (Wildman–Crippen MR) is 61.4 cm³/mol. The van der Waals surface area contributed by atoms with Crippen LogP contribution in [0.4, 0.5) is 24.5 Å². The van der Waals surface area contributed by atoms with Crippen LogP contribution in [0.5, 0.6) is 0 Å². The normalized spacial score (nSPS) is 11.1. The van der Waals surface area contributed by atoms with Gasteiger partial charge in [-0.05, 0) is 18.2 Å². The summed E-state index contributed by atoms with van der Waals surface area (Å²) in [4.78, 5) is 21.5. The number of nitrogens with one attached hydrogen (secondary N) is 1. The van der Waals surface area contributed by atoms with E-state index in [2.05, 4.69) is 5.32 Å². The van der Waals surface area contributed by atoms with Gasteiger partial charge in [-0.2, -0.15) is 13.2 Å². The van der Waals surface area contributed by atoms with Gasteiger partial charge in [0.25, 0.3) is 0 Å². The Kier molecular flexibility index (Phi) is 4.36. The Balaban J connectivity index is 2.75. The van der Waals surface area contributed by atoms with Gasteiger partial charge in [0.05, 0.1) is 23.4 Å². The van der Waals surface area contributed by atoms with Gasteiger partial charge in [0.1, 0.15) is 0 Å². The number of hydrogen-bond acceptors (Lipinski definition) is 3. The molecule has 0 bridgehead atoms. The standard InChI is InChI=1S/C11H11F3N2O3/c12-11(13,14)6-1-2-8(7(15)5-6)16-9(17)3-4-10(18)19/h1-2,5H,3-4,15H2,(H,16,17)(H,18,19). The highest BCUT2D eigenvalue weighted by molar-refractivity contribution is 5.95. The van der Waals surface area contributed by atoms with E-state index in [1.54, 1.807) is 0 Å². The van der Waals surface area contributed by atoms with Crippen molar-refractivity contribution in [3.63, 3.8) is 0 Å². The minimum Gasteiger partial charge on any atom is -0.481 e. The van der Waals surface area contributed by atoms with E-state index in [0.29, 0.717) is 6.07 Å². The molecule has 0 fully saturated rings. The number of nitrogens with two attached hydrogens (primary N) is 1. The van der Waals surface area contributed by atoms with E-state index in [1.807, 2.05) is 0 Å². The Morgan fingerprint density at radius 2 is 1.89 bits per heavy atom. The summed E-state index contributed by atoms with van der Waals surface area (Å²) in [6.45, 7) is 0. The highest BCUT2D eigenvalue weighted by Crippen LogP contribution is 2.32. The van der Waals surface area contributed by atoms with Gasteiger partial charge in [0.15, 0.2) is 0 Å². The topological polar surface area (TPSA) is 92.4 Å². The van der Waals surface area contributed by atoms with Gasteiger partial charge in [-0.25, -0.2) is 0 Å². The molecule has 0 spiro atoms. The monoisotopic (exact) mass is 276 g/mol. The summed E-state index contributed by atoms with van der Waals surface area (Å²) < 4.78 is 37.1. The maximum atomic E-state index is 12.4. The second-order valence-corrected chi connectivity index (χ2v) is 3.74. The fraction of sp³-hybridized carbons (Fsp3) is 0.273. The van der Waals surface area contributed by atoms with E-state index >= 15 is 0 Å². The number of carboxylic acid groups (broad SMARTS) is 1. The maximum absolute atomic E-state index is 12.4. The Morgan fingerprint density at radius 3 is 2.37 bits per heavy atom. The van der Waals surface area contributed by atoms with Gasteiger partial charge in [0, 0.05) is 6.42 Å². The number of amides is 1. The molecule has 0 aromatic heterocycles. The number of nitrogen functional groups attached to an aromatic ring is 1. The molecule has 0 heterocycles. The highest BCUT2D eigenvalue weighted by Gasteiger charge is 2.30. The number of carboxylic acids is 1. The number of carbonyl (C=O) groups excluding carboxylic acids is 1. The van der Waals surface area contributed by atoms with Crippen LogP contribution in [-0.4, -0.2) is 17.0 Å². The fourth-order valence-electron chi connectivity index (χ4n) is 1.29. The van der Waals surface area contributed by atoms with Crippen molar-refractivity contribution in [2.24, 2.45) is 0 Å².